The van der Waals surface area contributed by atoms with Crippen molar-refractivity contribution in [1.82, 2.24) is 0 Å². The van der Waals surface area contributed by atoms with Crippen LogP contribution in [0.4, 0.5) is 0 Å². The van der Waals surface area contributed by atoms with Crippen molar-refractivity contribution in [3.63, 3.8) is 0 Å². The summed E-state index contributed by atoms with van der Waals surface area (Å²) < 4.78 is 16.6. The summed E-state index contributed by atoms with van der Waals surface area (Å²) in [6.07, 6.45) is 40.6. The van der Waals surface area contributed by atoms with Gasteiger partial charge in [-0.25, -0.2) is 0 Å². The molecule has 50 heavy (non-hydrogen) atoms. The van der Waals surface area contributed by atoms with Gasteiger partial charge in [0.1, 0.15) is 13.2 Å². The van der Waals surface area contributed by atoms with Gasteiger partial charge in [0.25, 0.3) is 0 Å². The van der Waals surface area contributed by atoms with Crippen LogP contribution in [0.5, 0.6) is 0 Å². The molecule has 294 valence electrons. The van der Waals surface area contributed by atoms with Crippen LogP contribution in [-0.4, -0.2) is 37.2 Å². The summed E-state index contributed by atoms with van der Waals surface area (Å²) in [5, 5.41) is 0. The van der Waals surface area contributed by atoms with Gasteiger partial charge in [0, 0.05) is 19.3 Å². The molecule has 0 rings (SSSR count). The first-order chi connectivity index (χ1) is 24.5. The predicted octanol–water partition coefficient (Wildman–Crippen LogP) is 13.5. The van der Waals surface area contributed by atoms with Gasteiger partial charge in [0.15, 0.2) is 6.10 Å². The first kappa shape index (κ1) is 48.1. The zero-order valence-corrected chi connectivity index (χ0v) is 33.4. The Hall–Kier alpha value is -1.85. The van der Waals surface area contributed by atoms with E-state index in [1.165, 1.54) is 128 Å². The maximum absolute atomic E-state index is 12.6. The Morgan fingerprint density at radius 2 is 0.660 bits per heavy atom. The number of allylic oxidation sites excluding steroid dienone is 2. The van der Waals surface area contributed by atoms with Crippen molar-refractivity contribution in [2.24, 2.45) is 0 Å². The Bertz CT molecular complexity index is 778. The fraction of sp³-hybridized carbons (Fsp3) is 0.886. The van der Waals surface area contributed by atoms with Crippen LogP contribution < -0.4 is 0 Å². The van der Waals surface area contributed by atoms with Gasteiger partial charge in [-0.2, -0.15) is 0 Å². The Morgan fingerprint density at radius 3 is 1.02 bits per heavy atom. The summed E-state index contributed by atoms with van der Waals surface area (Å²) >= 11 is 0. The lowest BCUT2D eigenvalue weighted by atomic mass is 10.0. The van der Waals surface area contributed by atoms with Crippen LogP contribution in [0.25, 0.3) is 0 Å². The summed E-state index contributed by atoms with van der Waals surface area (Å²) in [5.74, 6) is -0.883. The average Bonchev–Trinajstić information content (AvgIpc) is 3.11. The molecule has 0 aliphatic rings. The van der Waals surface area contributed by atoms with E-state index in [0.717, 1.165) is 64.2 Å². The largest absolute Gasteiger partial charge is 0.462 e. The van der Waals surface area contributed by atoms with E-state index in [2.05, 4.69) is 32.9 Å². The van der Waals surface area contributed by atoms with Crippen molar-refractivity contribution in [1.29, 1.82) is 0 Å². The minimum Gasteiger partial charge on any atom is -0.462 e. The predicted molar refractivity (Wildman–Crippen MR) is 210 cm³/mol. The van der Waals surface area contributed by atoms with Crippen molar-refractivity contribution in [2.75, 3.05) is 13.2 Å². The molecule has 0 amide bonds. The van der Waals surface area contributed by atoms with Crippen LogP contribution in [0, 0.1) is 0 Å². The summed E-state index contributed by atoms with van der Waals surface area (Å²) in [4.78, 5) is 37.4. The fourth-order valence-electron chi connectivity index (χ4n) is 6.20. The molecule has 0 saturated carbocycles. The molecule has 1 atom stereocenters. The molecule has 0 N–H and O–H groups in total. The van der Waals surface area contributed by atoms with Gasteiger partial charge in [0.2, 0.25) is 0 Å². The molecule has 0 fully saturated rings. The molecule has 0 aromatic heterocycles. The van der Waals surface area contributed by atoms with E-state index in [9.17, 15) is 14.4 Å². The maximum atomic E-state index is 12.6. The second-order valence-corrected chi connectivity index (χ2v) is 14.6. The molecule has 0 aliphatic heterocycles. The van der Waals surface area contributed by atoms with Crippen LogP contribution in [0.2, 0.25) is 0 Å². The van der Waals surface area contributed by atoms with Crippen LogP contribution in [0.1, 0.15) is 233 Å². The number of esters is 3. The van der Waals surface area contributed by atoms with E-state index < -0.39 is 6.10 Å². The third-order valence-electron chi connectivity index (χ3n) is 9.52. The highest BCUT2D eigenvalue weighted by Crippen LogP contribution is 2.15. The Kier molecular flexibility index (Phi) is 38.5. The van der Waals surface area contributed by atoms with E-state index in [4.69, 9.17) is 14.2 Å². The summed E-state index contributed by atoms with van der Waals surface area (Å²) in [5.41, 5.74) is 0. The second-order valence-electron chi connectivity index (χ2n) is 14.6. The van der Waals surface area contributed by atoms with Gasteiger partial charge >= 0.3 is 17.9 Å². The lowest BCUT2D eigenvalue weighted by Gasteiger charge is -2.18. The van der Waals surface area contributed by atoms with Crippen molar-refractivity contribution >= 4 is 17.9 Å². The van der Waals surface area contributed by atoms with E-state index in [-0.39, 0.29) is 31.1 Å². The monoisotopic (exact) mass is 707 g/mol. The standard InChI is InChI=1S/C44H82O6/c1-4-7-10-13-16-18-20-22-24-26-28-31-34-37-43(46)49-40-41(39-48-42(45)36-33-30-15-12-9-6-3)50-44(47)38-35-32-29-27-25-23-21-19-17-14-11-8-5-2/h18,20,41H,4-17,19,21-40H2,1-3H3/b20-18-. The van der Waals surface area contributed by atoms with Crippen molar-refractivity contribution in [2.45, 2.75) is 239 Å². The quantitative estimate of drug-likeness (QED) is 0.0274. The number of ether oxygens (including phenoxy) is 3. The highest BCUT2D eigenvalue weighted by atomic mass is 16.6. The van der Waals surface area contributed by atoms with Crippen LogP contribution >= 0.6 is 0 Å². The topological polar surface area (TPSA) is 78.9 Å². The number of hydrogen-bond acceptors (Lipinski definition) is 6. The van der Waals surface area contributed by atoms with Crippen molar-refractivity contribution in [3.05, 3.63) is 12.2 Å². The fourth-order valence-corrected chi connectivity index (χ4v) is 6.20. The van der Waals surface area contributed by atoms with E-state index in [1.54, 1.807) is 0 Å². The van der Waals surface area contributed by atoms with E-state index in [0.29, 0.717) is 19.3 Å². The van der Waals surface area contributed by atoms with Gasteiger partial charge in [-0.3, -0.25) is 14.4 Å². The van der Waals surface area contributed by atoms with Crippen molar-refractivity contribution < 1.29 is 28.6 Å². The minimum atomic E-state index is -0.762. The number of hydrogen-bond donors (Lipinski definition) is 0. The molecule has 0 spiro atoms. The molecule has 0 bridgehead atoms. The van der Waals surface area contributed by atoms with Gasteiger partial charge in [-0.05, 0) is 44.9 Å². The molecule has 0 aromatic rings. The van der Waals surface area contributed by atoms with Crippen molar-refractivity contribution in [3.8, 4) is 0 Å². The second kappa shape index (κ2) is 39.9. The number of unbranched alkanes of at least 4 members (excludes halogenated alkanes) is 26. The average molecular weight is 707 g/mol. The first-order valence-corrected chi connectivity index (χ1v) is 21.7. The number of rotatable bonds is 39. The molecule has 0 radical (unpaired) electrons. The Labute approximate surface area is 310 Å². The molecule has 0 aromatic carbocycles. The SMILES string of the molecule is CCCCCC/C=C\CCCCCCCC(=O)OCC(COC(=O)CCCCCCCC)OC(=O)CCCCCCCCCCCCCCC. The normalized spacial score (nSPS) is 12.0. The Balaban J connectivity index is 4.28. The van der Waals surface area contributed by atoms with Gasteiger partial charge in [-0.15, -0.1) is 0 Å². The smallest absolute Gasteiger partial charge is 0.306 e. The molecule has 0 aliphatic carbocycles. The summed E-state index contributed by atoms with van der Waals surface area (Å²) in [6, 6.07) is 0. The van der Waals surface area contributed by atoms with E-state index >= 15 is 0 Å². The maximum Gasteiger partial charge on any atom is 0.306 e. The molecular weight excluding hydrogens is 624 g/mol. The molecule has 1 unspecified atom stereocenters. The van der Waals surface area contributed by atoms with Crippen LogP contribution in [0.3, 0.4) is 0 Å². The zero-order valence-electron chi connectivity index (χ0n) is 33.4. The van der Waals surface area contributed by atoms with Gasteiger partial charge in [0.05, 0.1) is 0 Å². The molecule has 0 saturated heterocycles. The summed E-state index contributed by atoms with van der Waals surface area (Å²) in [6.45, 7) is 6.55. The molecule has 6 nitrogen and oxygen atoms in total. The van der Waals surface area contributed by atoms with Gasteiger partial charge < -0.3 is 14.2 Å². The lowest BCUT2D eigenvalue weighted by molar-refractivity contribution is -0.167. The Morgan fingerprint density at radius 1 is 0.380 bits per heavy atom. The molecule has 0 heterocycles. The highest BCUT2D eigenvalue weighted by molar-refractivity contribution is 5.71. The third-order valence-corrected chi connectivity index (χ3v) is 9.52. The minimum absolute atomic E-state index is 0.0700. The van der Waals surface area contributed by atoms with Crippen LogP contribution in [0.15, 0.2) is 12.2 Å². The molecule has 6 heteroatoms. The lowest BCUT2D eigenvalue weighted by Crippen LogP contribution is -2.30. The number of carbonyl (C=O) groups excluding carboxylic acids is 3. The number of carbonyl (C=O) groups is 3. The summed E-state index contributed by atoms with van der Waals surface area (Å²) in [7, 11) is 0. The first-order valence-electron chi connectivity index (χ1n) is 21.7. The van der Waals surface area contributed by atoms with Gasteiger partial charge in [-0.1, -0.05) is 181 Å². The zero-order chi connectivity index (χ0) is 36.6. The third kappa shape index (κ3) is 37.4. The highest BCUT2D eigenvalue weighted by Gasteiger charge is 2.19. The van der Waals surface area contributed by atoms with E-state index in [1.807, 2.05) is 0 Å². The molecular formula is C44H82O6. The van der Waals surface area contributed by atoms with Crippen LogP contribution in [-0.2, 0) is 28.6 Å².